The summed E-state index contributed by atoms with van der Waals surface area (Å²) < 4.78 is 26.7. The summed E-state index contributed by atoms with van der Waals surface area (Å²) in [5.41, 5.74) is 1.04. The molecule has 1 aromatic rings. The van der Waals surface area contributed by atoms with Gasteiger partial charge >= 0.3 is 0 Å². The van der Waals surface area contributed by atoms with Crippen molar-refractivity contribution < 1.29 is 13.2 Å². The molecule has 0 spiro atoms. The molecular formula is C15H21NO3S. The topological polar surface area (TPSA) is 54.5 Å². The second-order valence-corrected chi connectivity index (χ2v) is 7.53. The van der Waals surface area contributed by atoms with Gasteiger partial charge in [-0.05, 0) is 44.7 Å². The number of benzene rings is 1. The Kier molecular flexibility index (Phi) is 4.60. The van der Waals surface area contributed by atoms with Crippen LogP contribution in [0.5, 0.6) is 0 Å². The Morgan fingerprint density at radius 2 is 1.95 bits per heavy atom. The Morgan fingerprint density at radius 3 is 2.55 bits per heavy atom. The molecule has 0 aromatic heterocycles. The monoisotopic (exact) mass is 295 g/mol. The maximum atomic E-state index is 12.6. The van der Waals surface area contributed by atoms with Crippen LogP contribution in [0.25, 0.3) is 0 Å². The van der Waals surface area contributed by atoms with E-state index in [4.69, 9.17) is 0 Å². The van der Waals surface area contributed by atoms with Gasteiger partial charge < -0.3 is 4.79 Å². The minimum absolute atomic E-state index is 0.129. The minimum Gasteiger partial charge on any atom is -0.300 e. The smallest absolute Gasteiger partial charge is 0.243 e. The van der Waals surface area contributed by atoms with Gasteiger partial charge in [0.05, 0.1) is 4.90 Å². The van der Waals surface area contributed by atoms with Crippen LogP contribution < -0.4 is 0 Å². The van der Waals surface area contributed by atoms with E-state index in [9.17, 15) is 13.2 Å². The van der Waals surface area contributed by atoms with Crippen LogP contribution in [0.15, 0.2) is 29.2 Å². The second kappa shape index (κ2) is 6.06. The average molecular weight is 295 g/mol. The quantitative estimate of drug-likeness (QED) is 0.857. The Hall–Kier alpha value is -1.20. The van der Waals surface area contributed by atoms with E-state index in [0.29, 0.717) is 24.4 Å². The Morgan fingerprint density at radius 1 is 1.30 bits per heavy atom. The first kappa shape index (κ1) is 15.2. The molecule has 0 N–H and O–H groups in total. The number of piperidine rings is 1. The third-order valence-electron chi connectivity index (χ3n) is 3.72. The summed E-state index contributed by atoms with van der Waals surface area (Å²) in [5.74, 6) is 0.283. The van der Waals surface area contributed by atoms with Crippen LogP contribution in [-0.4, -0.2) is 31.6 Å². The molecule has 0 radical (unpaired) electrons. The Labute approximate surface area is 120 Å². The van der Waals surface area contributed by atoms with Crippen molar-refractivity contribution in [1.82, 2.24) is 4.31 Å². The highest BCUT2D eigenvalue weighted by Crippen LogP contribution is 2.25. The van der Waals surface area contributed by atoms with Gasteiger partial charge in [0.25, 0.3) is 0 Å². The van der Waals surface area contributed by atoms with E-state index in [2.05, 4.69) is 0 Å². The van der Waals surface area contributed by atoms with E-state index in [0.717, 1.165) is 18.4 Å². The van der Waals surface area contributed by atoms with Crippen molar-refractivity contribution in [3.8, 4) is 0 Å². The summed E-state index contributed by atoms with van der Waals surface area (Å²) in [7, 11) is -3.43. The maximum Gasteiger partial charge on any atom is 0.243 e. The van der Waals surface area contributed by atoms with Gasteiger partial charge in [0, 0.05) is 19.5 Å². The number of Topliss-reactive ketones (excluding diaryl/α,β-unsaturated/α-hetero) is 1. The molecule has 110 valence electrons. The number of ketones is 1. The van der Waals surface area contributed by atoms with Crippen molar-refractivity contribution >= 4 is 15.8 Å². The van der Waals surface area contributed by atoms with E-state index >= 15 is 0 Å². The third-order valence-corrected chi connectivity index (χ3v) is 5.60. The molecular weight excluding hydrogens is 274 g/mol. The highest BCUT2D eigenvalue weighted by atomic mass is 32.2. The second-order valence-electron chi connectivity index (χ2n) is 5.59. The zero-order valence-electron chi connectivity index (χ0n) is 12.0. The van der Waals surface area contributed by atoms with Gasteiger partial charge in [-0.2, -0.15) is 4.31 Å². The first-order valence-electron chi connectivity index (χ1n) is 6.96. The van der Waals surface area contributed by atoms with Gasteiger partial charge in [-0.15, -0.1) is 0 Å². The molecule has 1 atom stereocenters. The summed E-state index contributed by atoms with van der Waals surface area (Å²) in [4.78, 5) is 11.5. The predicted octanol–water partition coefficient (Wildman–Crippen LogP) is 2.37. The lowest BCUT2D eigenvalue weighted by atomic mass is 9.95. The van der Waals surface area contributed by atoms with Crippen LogP contribution in [0.4, 0.5) is 0 Å². The fraction of sp³-hybridized carbons (Fsp3) is 0.533. The van der Waals surface area contributed by atoms with Crippen LogP contribution in [0.2, 0.25) is 0 Å². The molecule has 1 aromatic carbocycles. The number of aryl methyl sites for hydroxylation is 1. The highest BCUT2D eigenvalue weighted by Gasteiger charge is 2.30. The summed E-state index contributed by atoms with van der Waals surface area (Å²) >= 11 is 0. The van der Waals surface area contributed by atoms with Crippen molar-refractivity contribution in [2.45, 2.75) is 38.0 Å². The van der Waals surface area contributed by atoms with Gasteiger partial charge in [0.2, 0.25) is 10.0 Å². The van der Waals surface area contributed by atoms with Crippen molar-refractivity contribution in [3.63, 3.8) is 0 Å². The molecule has 1 heterocycles. The zero-order valence-corrected chi connectivity index (χ0v) is 12.8. The third kappa shape index (κ3) is 3.46. The molecule has 1 fully saturated rings. The van der Waals surface area contributed by atoms with Crippen LogP contribution >= 0.6 is 0 Å². The van der Waals surface area contributed by atoms with E-state index in [1.54, 1.807) is 19.1 Å². The first-order chi connectivity index (χ1) is 9.39. The van der Waals surface area contributed by atoms with Gasteiger partial charge in [0.15, 0.2) is 0 Å². The number of carbonyl (C=O) groups is 1. The SMILES string of the molecule is CC(=O)CC1CCCN(S(=O)(=O)c2ccc(C)cc2)C1. The van der Waals surface area contributed by atoms with E-state index in [1.807, 2.05) is 19.1 Å². The van der Waals surface area contributed by atoms with Crippen LogP contribution in [-0.2, 0) is 14.8 Å². The average Bonchev–Trinajstić information content (AvgIpc) is 2.39. The van der Waals surface area contributed by atoms with Crippen molar-refractivity contribution in [2.24, 2.45) is 5.92 Å². The number of hydrogen-bond donors (Lipinski definition) is 0. The lowest BCUT2D eigenvalue weighted by molar-refractivity contribution is -0.118. The summed E-state index contributed by atoms with van der Waals surface area (Å²) in [6, 6.07) is 6.92. The van der Waals surface area contributed by atoms with Gasteiger partial charge in [-0.25, -0.2) is 8.42 Å². The minimum atomic E-state index is -3.43. The number of rotatable bonds is 4. The molecule has 0 amide bonds. The maximum absolute atomic E-state index is 12.6. The zero-order chi connectivity index (χ0) is 14.8. The summed E-state index contributed by atoms with van der Waals surface area (Å²) in [6.45, 7) is 4.49. The van der Waals surface area contributed by atoms with Crippen LogP contribution in [0.1, 0.15) is 31.7 Å². The van der Waals surface area contributed by atoms with E-state index < -0.39 is 10.0 Å². The van der Waals surface area contributed by atoms with E-state index in [-0.39, 0.29) is 11.7 Å². The molecule has 2 rings (SSSR count). The number of carbonyl (C=O) groups excluding carboxylic acids is 1. The Balaban J connectivity index is 2.16. The summed E-state index contributed by atoms with van der Waals surface area (Å²) in [6.07, 6.45) is 2.22. The first-order valence-corrected chi connectivity index (χ1v) is 8.40. The molecule has 4 nitrogen and oxygen atoms in total. The molecule has 1 saturated heterocycles. The molecule has 5 heteroatoms. The normalized spacial score (nSPS) is 20.8. The highest BCUT2D eigenvalue weighted by molar-refractivity contribution is 7.89. The Bertz CT molecular complexity index is 578. The van der Waals surface area contributed by atoms with Gasteiger partial charge in [-0.3, -0.25) is 0 Å². The summed E-state index contributed by atoms with van der Waals surface area (Å²) in [5, 5.41) is 0. The van der Waals surface area contributed by atoms with Crippen molar-refractivity contribution in [2.75, 3.05) is 13.1 Å². The molecule has 0 saturated carbocycles. The largest absolute Gasteiger partial charge is 0.300 e. The van der Waals surface area contributed by atoms with E-state index in [1.165, 1.54) is 4.31 Å². The molecule has 0 aliphatic carbocycles. The van der Waals surface area contributed by atoms with Gasteiger partial charge in [-0.1, -0.05) is 17.7 Å². The standard InChI is InChI=1S/C15H21NO3S/c1-12-5-7-15(8-6-12)20(18,19)16-9-3-4-14(11-16)10-13(2)17/h5-8,14H,3-4,9-11H2,1-2H3. The van der Waals surface area contributed by atoms with Gasteiger partial charge in [0.1, 0.15) is 5.78 Å². The lowest BCUT2D eigenvalue weighted by Crippen LogP contribution is -2.40. The number of nitrogens with zero attached hydrogens (tertiary/aromatic N) is 1. The molecule has 0 bridgehead atoms. The molecule has 1 aliphatic rings. The number of sulfonamides is 1. The fourth-order valence-corrected chi connectivity index (χ4v) is 4.23. The number of hydrogen-bond acceptors (Lipinski definition) is 3. The molecule has 20 heavy (non-hydrogen) atoms. The van der Waals surface area contributed by atoms with Crippen LogP contribution in [0, 0.1) is 12.8 Å². The molecule has 1 aliphatic heterocycles. The van der Waals surface area contributed by atoms with Crippen molar-refractivity contribution in [3.05, 3.63) is 29.8 Å². The predicted molar refractivity (Wildman–Crippen MR) is 78.0 cm³/mol. The van der Waals surface area contributed by atoms with Crippen molar-refractivity contribution in [1.29, 1.82) is 0 Å². The lowest BCUT2D eigenvalue weighted by Gasteiger charge is -2.31. The fourth-order valence-electron chi connectivity index (χ4n) is 2.68. The van der Waals surface area contributed by atoms with Crippen LogP contribution in [0.3, 0.4) is 0 Å². The molecule has 1 unspecified atom stereocenters.